The van der Waals surface area contributed by atoms with E-state index in [1.54, 1.807) is 49.4 Å². The van der Waals surface area contributed by atoms with E-state index in [0.717, 1.165) is 5.52 Å². The Hall–Kier alpha value is -3.65. The summed E-state index contributed by atoms with van der Waals surface area (Å²) in [6.45, 7) is -0.223. The van der Waals surface area contributed by atoms with Crippen molar-refractivity contribution in [3.8, 4) is 34.3 Å². The number of hydrogen-bond donors (Lipinski definition) is 1. The Kier molecular flexibility index (Phi) is 5.24. The van der Waals surface area contributed by atoms with E-state index in [2.05, 4.69) is 4.98 Å². The van der Waals surface area contributed by atoms with Gasteiger partial charge in [0.05, 0.1) is 44.7 Å². The number of hydrogen-bond acceptors (Lipinski definition) is 6. The van der Waals surface area contributed by atoms with Crippen LogP contribution < -0.4 is 14.2 Å². The van der Waals surface area contributed by atoms with Gasteiger partial charge in [-0.1, -0.05) is 6.07 Å². The number of nitrogens with zero attached hydrogens (tertiary/aromatic N) is 3. The molecule has 30 heavy (non-hydrogen) atoms. The van der Waals surface area contributed by atoms with Crippen molar-refractivity contribution in [2.75, 3.05) is 21.3 Å². The zero-order valence-electron chi connectivity index (χ0n) is 16.7. The number of ether oxygens (including phenoxy) is 3. The number of benzene rings is 2. The van der Waals surface area contributed by atoms with Crippen molar-refractivity contribution in [2.24, 2.45) is 0 Å². The largest absolute Gasteiger partial charge is 0.496 e. The molecule has 8 heteroatoms. The number of aliphatic hydroxyl groups is 1. The summed E-state index contributed by atoms with van der Waals surface area (Å²) in [7, 11) is 4.60. The molecule has 0 aliphatic heterocycles. The number of aliphatic hydroxyl groups excluding tert-OH is 1. The van der Waals surface area contributed by atoms with Crippen LogP contribution in [0, 0.1) is 5.82 Å². The SMILES string of the molecule is COc1cc2ncn(-c3ccc(CO)c(-c4ccc(F)cc4OC)n3)c2cc1OC. The van der Waals surface area contributed by atoms with E-state index < -0.39 is 5.82 Å². The summed E-state index contributed by atoms with van der Waals surface area (Å²) in [6, 6.07) is 11.4. The maximum atomic E-state index is 13.7. The third-order valence-corrected chi connectivity index (χ3v) is 4.85. The molecule has 0 aliphatic rings. The van der Waals surface area contributed by atoms with Crippen LogP contribution in [0.4, 0.5) is 4.39 Å². The van der Waals surface area contributed by atoms with Crippen LogP contribution in [0.2, 0.25) is 0 Å². The fourth-order valence-electron chi connectivity index (χ4n) is 3.35. The van der Waals surface area contributed by atoms with Crippen LogP contribution in [0.1, 0.15) is 5.56 Å². The van der Waals surface area contributed by atoms with E-state index in [0.29, 0.717) is 45.4 Å². The van der Waals surface area contributed by atoms with Gasteiger partial charge >= 0.3 is 0 Å². The van der Waals surface area contributed by atoms with E-state index in [4.69, 9.17) is 19.2 Å². The fourth-order valence-corrected chi connectivity index (χ4v) is 3.35. The fraction of sp³-hybridized carbons (Fsp3) is 0.182. The predicted molar refractivity (Wildman–Crippen MR) is 110 cm³/mol. The van der Waals surface area contributed by atoms with Crippen LogP contribution >= 0.6 is 0 Å². The molecule has 1 N–H and O–H groups in total. The number of halogens is 1. The van der Waals surface area contributed by atoms with Crippen molar-refractivity contribution in [2.45, 2.75) is 6.61 Å². The molecule has 4 aromatic rings. The number of rotatable bonds is 6. The van der Waals surface area contributed by atoms with Gasteiger partial charge in [-0.25, -0.2) is 14.4 Å². The first-order valence-electron chi connectivity index (χ1n) is 9.13. The minimum absolute atomic E-state index is 0.223. The zero-order valence-corrected chi connectivity index (χ0v) is 16.7. The molecular weight excluding hydrogens is 389 g/mol. The van der Waals surface area contributed by atoms with Gasteiger partial charge in [0.15, 0.2) is 11.5 Å². The molecule has 154 valence electrons. The van der Waals surface area contributed by atoms with Crippen LogP contribution in [0.3, 0.4) is 0 Å². The van der Waals surface area contributed by atoms with Crippen LogP contribution in [-0.4, -0.2) is 41.0 Å². The molecule has 2 heterocycles. The summed E-state index contributed by atoms with van der Waals surface area (Å²) < 4.78 is 31.5. The second kappa shape index (κ2) is 8.00. The normalized spacial score (nSPS) is 11.0. The number of imidazole rings is 1. The van der Waals surface area contributed by atoms with Crippen molar-refractivity contribution < 1.29 is 23.7 Å². The van der Waals surface area contributed by atoms with Crippen LogP contribution in [0.25, 0.3) is 28.1 Å². The van der Waals surface area contributed by atoms with Crippen molar-refractivity contribution >= 4 is 11.0 Å². The van der Waals surface area contributed by atoms with Gasteiger partial charge in [-0.2, -0.15) is 0 Å². The highest BCUT2D eigenvalue weighted by Crippen LogP contribution is 2.35. The monoisotopic (exact) mass is 409 g/mol. The topological polar surface area (TPSA) is 78.6 Å². The van der Waals surface area contributed by atoms with Gasteiger partial charge in [0.25, 0.3) is 0 Å². The van der Waals surface area contributed by atoms with Crippen molar-refractivity contribution in [1.82, 2.24) is 14.5 Å². The second-order valence-corrected chi connectivity index (χ2v) is 6.49. The first kappa shape index (κ1) is 19.7. The molecule has 2 aromatic carbocycles. The van der Waals surface area contributed by atoms with Crippen molar-refractivity contribution in [1.29, 1.82) is 0 Å². The Morgan fingerprint density at radius 2 is 1.67 bits per heavy atom. The summed E-state index contributed by atoms with van der Waals surface area (Å²) in [5, 5.41) is 9.81. The van der Waals surface area contributed by atoms with E-state index >= 15 is 0 Å². The third-order valence-electron chi connectivity index (χ3n) is 4.85. The maximum Gasteiger partial charge on any atom is 0.163 e. The van der Waals surface area contributed by atoms with Gasteiger partial charge < -0.3 is 19.3 Å². The summed E-state index contributed by atoms with van der Waals surface area (Å²) in [5.74, 6) is 1.63. The Morgan fingerprint density at radius 1 is 0.933 bits per heavy atom. The van der Waals surface area contributed by atoms with Gasteiger partial charge in [0.2, 0.25) is 0 Å². The quantitative estimate of drug-likeness (QED) is 0.523. The van der Waals surface area contributed by atoms with Gasteiger partial charge in [0.1, 0.15) is 23.7 Å². The lowest BCUT2D eigenvalue weighted by atomic mass is 10.0. The van der Waals surface area contributed by atoms with Crippen LogP contribution in [0.5, 0.6) is 17.2 Å². The highest BCUT2D eigenvalue weighted by atomic mass is 19.1. The molecule has 2 aromatic heterocycles. The third kappa shape index (κ3) is 3.31. The van der Waals surface area contributed by atoms with E-state index in [-0.39, 0.29) is 6.61 Å². The van der Waals surface area contributed by atoms with Gasteiger partial charge in [-0.3, -0.25) is 4.57 Å². The summed E-state index contributed by atoms with van der Waals surface area (Å²) >= 11 is 0. The Morgan fingerprint density at radius 3 is 2.37 bits per heavy atom. The lowest BCUT2D eigenvalue weighted by Crippen LogP contribution is -2.02. The van der Waals surface area contributed by atoms with E-state index in [1.807, 2.05) is 6.07 Å². The summed E-state index contributed by atoms with van der Waals surface area (Å²) in [6.07, 6.45) is 1.65. The molecular formula is C22H20FN3O4. The van der Waals surface area contributed by atoms with Crippen molar-refractivity contribution in [3.05, 3.63) is 60.2 Å². The minimum Gasteiger partial charge on any atom is -0.496 e. The highest BCUT2D eigenvalue weighted by Gasteiger charge is 2.16. The number of fused-ring (bicyclic) bond motifs is 1. The van der Waals surface area contributed by atoms with Crippen molar-refractivity contribution in [3.63, 3.8) is 0 Å². The van der Waals surface area contributed by atoms with E-state index in [1.165, 1.54) is 19.2 Å². The number of methoxy groups -OCH3 is 3. The Bertz CT molecular complexity index is 1220. The lowest BCUT2D eigenvalue weighted by Gasteiger charge is -2.14. The summed E-state index contributed by atoms with van der Waals surface area (Å²) in [5.41, 5.74) is 3.14. The Balaban J connectivity index is 1.91. The lowest BCUT2D eigenvalue weighted by molar-refractivity contribution is 0.282. The minimum atomic E-state index is -0.418. The molecule has 4 rings (SSSR count). The molecule has 0 atom stereocenters. The predicted octanol–water partition coefficient (Wildman–Crippen LogP) is 3.74. The average Bonchev–Trinajstić information content (AvgIpc) is 3.20. The van der Waals surface area contributed by atoms with Crippen LogP contribution in [-0.2, 0) is 6.61 Å². The molecule has 0 saturated carbocycles. The molecule has 7 nitrogen and oxygen atoms in total. The second-order valence-electron chi connectivity index (χ2n) is 6.49. The first-order valence-corrected chi connectivity index (χ1v) is 9.13. The summed E-state index contributed by atoms with van der Waals surface area (Å²) in [4.78, 5) is 9.16. The molecule has 0 bridgehead atoms. The maximum absolute atomic E-state index is 13.7. The molecule has 0 unspecified atom stereocenters. The number of pyridine rings is 1. The Labute approximate surface area is 172 Å². The van der Waals surface area contributed by atoms with Crippen LogP contribution in [0.15, 0.2) is 48.8 Å². The van der Waals surface area contributed by atoms with Gasteiger partial charge in [-0.15, -0.1) is 0 Å². The molecule has 0 amide bonds. The van der Waals surface area contributed by atoms with Gasteiger partial charge in [0, 0.05) is 29.3 Å². The molecule has 0 fully saturated rings. The molecule has 0 spiro atoms. The molecule has 0 radical (unpaired) electrons. The average molecular weight is 409 g/mol. The van der Waals surface area contributed by atoms with Gasteiger partial charge in [-0.05, 0) is 18.2 Å². The number of aromatic nitrogens is 3. The molecule has 0 aliphatic carbocycles. The molecule has 0 saturated heterocycles. The first-order chi connectivity index (χ1) is 14.6. The highest BCUT2D eigenvalue weighted by molar-refractivity contribution is 5.81. The van der Waals surface area contributed by atoms with E-state index in [9.17, 15) is 9.50 Å². The smallest absolute Gasteiger partial charge is 0.163 e. The standard InChI is InChI=1S/C22H20FN3O4/c1-28-18-8-14(23)5-6-15(18)22-13(11-27)4-7-21(25-22)26-12-24-16-9-19(29-2)20(30-3)10-17(16)26/h4-10,12,27H,11H2,1-3H3. The zero-order chi connectivity index (χ0) is 21.3.